The molecule has 0 atom stereocenters. The number of aromatic nitrogens is 2. The summed E-state index contributed by atoms with van der Waals surface area (Å²) in [6.45, 7) is 4.00. The van der Waals surface area contributed by atoms with Gasteiger partial charge in [0.15, 0.2) is 5.82 Å². The molecule has 0 spiro atoms. The number of hydrogen-bond acceptors (Lipinski definition) is 3. The molecule has 0 aliphatic rings. The minimum atomic E-state index is -0.126. The average molecular weight is 214 g/mol. The molecule has 0 saturated carbocycles. The van der Waals surface area contributed by atoms with E-state index in [1.807, 2.05) is 12.1 Å². The lowest BCUT2D eigenvalue weighted by Gasteiger charge is -2.06. The van der Waals surface area contributed by atoms with E-state index in [-0.39, 0.29) is 6.61 Å². The van der Waals surface area contributed by atoms with Crippen LogP contribution in [-0.4, -0.2) is 15.1 Å². The Morgan fingerprint density at radius 3 is 2.69 bits per heavy atom. The summed E-state index contributed by atoms with van der Waals surface area (Å²) < 4.78 is 0. The van der Waals surface area contributed by atoms with E-state index < -0.39 is 0 Å². The molecule has 1 aromatic heterocycles. The maximum atomic E-state index is 9.00. The Hall–Kier alpha value is -1.74. The molecular formula is C13H14N2O. The summed E-state index contributed by atoms with van der Waals surface area (Å²) in [7, 11) is 0. The number of aryl methyl sites for hydroxylation is 2. The van der Waals surface area contributed by atoms with Gasteiger partial charge in [0.2, 0.25) is 0 Å². The second-order valence-corrected chi connectivity index (χ2v) is 3.83. The van der Waals surface area contributed by atoms with Crippen molar-refractivity contribution in [2.45, 2.75) is 20.5 Å². The molecule has 1 aromatic carbocycles. The van der Waals surface area contributed by atoms with Gasteiger partial charge in [-0.25, -0.2) is 9.97 Å². The minimum Gasteiger partial charge on any atom is -0.388 e. The second-order valence-electron chi connectivity index (χ2n) is 3.83. The summed E-state index contributed by atoms with van der Waals surface area (Å²) in [6.07, 6.45) is 1.67. The van der Waals surface area contributed by atoms with Crippen LogP contribution in [0.4, 0.5) is 0 Å². The lowest BCUT2D eigenvalue weighted by Crippen LogP contribution is -1.96. The van der Waals surface area contributed by atoms with Crippen molar-refractivity contribution in [3.63, 3.8) is 0 Å². The zero-order chi connectivity index (χ0) is 11.5. The summed E-state index contributed by atoms with van der Waals surface area (Å²) in [4.78, 5) is 8.26. The Balaban J connectivity index is 2.49. The third kappa shape index (κ3) is 2.09. The average Bonchev–Trinajstić information content (AvgIpc) is 2.29. The van der Waals surface area contributed by atoms with Gasteiger partial charge in [0, 0.05) is 11.8 Å². The first kappa shape index (κ1) is 10.8. The zero-order valence-electron chi connectivity index (χ0n) is 9.44. The van der Waals surface area contributed by atoms with Gasteiger partial charge in [-0.05, 0) is 25.5 Å². The molecule has 0 unspecified atom stereocenters. The number of aliphatic hydroxyl groups excluding tert-OH is 1. The molecule has 0 aliphatic heterocycles. The van der Waals surface area contributed by atoms with Crippen LogP contribution in [0.1, 0.15) is 17.0 Å². The fraction of sp³-hybridized carbons (Fsp3) is 0.231. The monoisotopic (exact) mass is 214 g/mol. The van der Waals surface area contributed by atoms with Crippen molar-refractivity contribution in [3.8, 4) is 11.3 Å². The fourth-order valence-electron chi connectivity index (χ4n) is 1.73. The first-order chi connectivity index (χ1) is 7.70. The highest BCUT2D eigenvalue weighted by molar-refractivity contribution is 5.63. The molecule has 1 heterocycles. The first-order valence-corrected chi connectivity index (χ1v) is 5.21. The fourth-order valence-corrected chi connectivity index (χ4v) is 1.73. The van der Waals surface area contributed by atoms with Gasteiger partial charge < -0.3 is 5.11 Å². The molecule has 2 rings (SSSR count). The minimum absolute atomic E-state index is 0.126. The topological polar surface area (TPSA) is 46.0 Å². The number of hydrogen-bond donors (Lipinski definition) is 1. The van der Waals surface area contributed by atoms with Crippen molar-refractivity contribution in [1.29, 1.82) is 0 Å². The molecule has 82 valence electrons. The summed E-state index contributed by atoms with van der Waals surface area (Å²) >= 11 is 0. The Bertz CT molecular complexity index is 509. The highest BCUT2D eigenvalue weighted by atomic mass is 16.3. The summed E-state index contributed by atoms with van der Waals surface area (Å²) in [5.74, 6) is 0.456. The summed E-state index contributed by atoms with van der Waals surface area (Å²) in [5, 5.41) is 9.00. The quantitative estimate of drug-likeness (QED) is 0.834. The number of aliphatic hydroxyl groups is 1. The van der Waals surface area contributed by atoms with Gasteiger partial charge in [-0.3, -0.25) is 0 Å². The van der Waals surface area contributed by atoms with E-state index in [9.17, 15) is 0 Å². The molecule has 1 N–H and O–H groups in total. The Morgan fingerprint density at radius 1 is 1.19 bits per heavy atom. The molecule has 0 bridgehead atoms. The third-order valence-corrected chi connectivity index (χ3v) is 2.50. The Labute approximate surface area is 94.8 Å². The van der Waals surface area contributed by atoms with Gasteiger partial charge in [0.25, 0.3) is 0 Å². The van der Waals surface area contributed by atoms with Crippen LogP contribution in [0.3, 0.4) is 0 Å². The maximum absolute atomic E-state index is 9.00. The van der Waals surface area contributed by atoms with Crippen LogP contribution in [-0.2, 0) is 6.61 Å². The van der Waals surface area contributed by atoms with Crippen molar-refractivity contribution < 1.29 is 5.11 Å². The van der Waals surface area contributed by atoms with Crippen LogP contribution >= 0.6 is 0 Å². The zero-order valence-corrected chi connectivity index (χ0v) is 9.44. The van der Waals surface area contributed by atoms with Crippen molar-refractivity contribution in [1.82, 2.24) is 9.97 Å². The van der Waals surface area contributed by atoms with Gasteiger partial charge in [-0.2, -0.15) is 0 Å². The van der Waals surface area contributed by atoms with Crippen LogP contribution < -0.4 is 0 Å². The van der Waals surface area contributed by atoms with E-state index in [0.717, 1.165) is 11.3 Å². The third-order valence-electron chi connectivity index (χ3n) is 2.50. The van der Waals surface area contributed by atoms with Crippen molar-refractivity contribution >= 4 is 0 Å². The van der Waals surface area contributed by atoms with Crippen LogP contribution in [0.2, 0.25) is 0 Å². The van der Waals surface area contributed by atoms with E-state index in [2.05, 4.69) is 35.9 Å². The van der Waals surface area contributed by atoms with Crippen LogP contribution in [0.5, 0.6) is 0 Å². The maximum Gasteiger partial charge on any atom is 0.154 e. The molecular weight excluding hydrogens is 200 g/mol. The van der Waals surface area contributed by atoms with Gasteiger partial charge in [0.05, 0.1) is 5.69 Å². The van der Waals surface area contributed by atoms with E-state index in [1.165, 1.54) is 11.1 Å². The summed E-state index contributed by atoms with van der Waals surface area (Å²) in [5.41, 5.74) is 4.36. The molecule has 0 amide bonds. The van der Waals surface area contributed by atoms with Crippen molar-refractivity contribution in [3.05, 3.63) is 47.4 Å². The normalized spacial score (nSPS) is 10.4. The number of benzene rings is 1. The SMILES string of the molecule is Cc1ccc(-c2ccnc(CO)n2)c(C)c1. The molecule has 0 radical (unpaired) electrons. The van der Waals surface area contributed by atoms with Gasteiger partial charge in [0.1, 0.15) is 6.61 Å². The molecule has 0 saturated heterocycles. The predicted octanol–water partition coefficient (Wildman–Crippen LogP) is 2.25. The standard InChI is InChI=1S/C13H14N2O/c1-9-3-4-11(10(2)7-9)12-5-6-14-13(8-16)15-12/h3-7,16H,8H2,1-2H3. The highest BCUT2D eigenvalue weighted by Crippen LogP contribution is 2.21. The molecule has 16 heavy (non-hydrogen) atoms. The Morgan fingerprint density at radius 2 is 2.00 bits per heavy atom. The van der Waals surface area contributed by atoms with E-state index in [4.69, 9.17) is 5.11 Å². The van der Waals surface area contributed by atoms with Gasteiger partial charge in [-0.15, -0.1) is 0 Å². The predicted molar refractivity (Wildman–Crippen MR) is 62.9 cm³/mol. The largest absolute Gasteiger partial charge is 0.388 e. The molecule has 3 nitrogen and oxygen atoms in total. The van der Waals surface area contributed by atoms with Crippen molar-refractivity contribution in [2.24, 2.45) is 0 Å². The molecule has 2 aromatic rings. The van der Waals surface area contributed by atoms with Gasteiger partial charge in [-0.1, -0.05) is 23.8 Å². The molecule has 0 aliphatic carbocycles. The smallest absolute Gasteiger partial charge is 0.154 e. The Kier molecular flexibility index (Phi) is 2.97. The lowest BCUT2D eigenvalue weighted by atomic mass is 10.0. The summed E-state index contributed by atoms with van der Waals surface area (Å²) in [6, 6.07) is 8.09. The van der Waals surface area contributed by atoms with Crippen LogP contribution in [0.25, 0.3) is 11.3 Å². The highest BCUT2D eigenvalue weighted by Gasteiger charge is 2.04. The van der Waals surface area contributed by atoms with Crippen molar-refractivity contribution in [2.75, 3.05) is 0 Å². The van der Waals surface area contributed by atoms with Crippen LogP contribution in [0, 0.1) is 13.8 Å². The van der Waals surface area contributed by atoms with E-state index >= 15 is 0 Å². The first-order valence-electron chi connectivity index (χ1n) is 5.21. The molecule has 0 fully saturated rings. The van der Waals surface area contributed by atoms with E-state index in [0.29, 0.717) is 5.82 Å². The number of rotatable bonds is 2. The van der Waals surface area contributed by atoms with Crippen LogP contribution in [0.15, 0.2) is 30.5 Å². The second kappa shape index (κ2) is 4.41. The number of nitrogens with zero attached hydrogens (tertiary/aromatic N) is 2. The van der Waals surface area contributed by atoms with E-state index in [1.54, 1.807) is 6.20 Å². The van der Waals surface area contributed by atoms with Gasteiger partial charge >= 0.3 is 0 Å². The molecule has 3 heteroatoms. The lowest BCUT2D eigenvalue weighted by molar-refractivity contribution is 0.271.